The fourth-order valence-electron chi connectivity index (χ4n) is 3.46. The van der Waals surface area contributed by atoms with Crippen LogP contribution in [0.25, 0.3) is 0 Å². The molecule has 1 saturated carbocycles. The van der Waals surface area contributed by atoms with Crippen molar-refractivity contribution < 1.29 is 4.39 Å². The number of pyridine rings is 1. The second-order valence-electron chi connectivity index (χ2n) is 5.89. The van der Waals surface area contributed by atoms with Gasteiger partial charge in [0.25, 0.3) is 0 Å². The molecule has 2 nitrogen and oxygen atoms in total. The van der Waals surface area contributed by atoms with Gasteiger partial charge >= 0.3 is 0 Å². The number of nitrogens with two attached hydrogens (primary N) is 1. The van der Waals surface area contributed by atoms with Gasteiger partial charge < -0.3 is 5.73 Å². The number of halogens is 1. The van der Waals surface area contributed by atoms with E-state index >= 15 is 0 Å². The Labute approximate surface area is 115 Å². The molecule has 0 amide bonds. The molecule has 0 radical (unpaired) electrons. The Morgan fingerprint density at radius 1 is 1.37 bits per heavy atom. The second kappa shape index (κ2) is 6.00. The maximum atomic E-state index is 13.0. The first-order valence-electron chi connectivity index (χ1n) is 7.51. The van der Waals surface area contributed by atoms with Gasteiger partial charge in [0.2, 0.25) is 0 Å². The summed E-state index contributed by atoms with van der Waals surface area (Å²) in [6, 6.07) is 3.23. The Balaban J connectivity index is 2.23. The van der Waals surface area contributed by atoms with E-state index in [1.165, 1.54) is 44.4 Å². The average Bonchev–Trinajstić information content (AvgIpc) is 2.47. The Kier molecular flexibility index (Phi) is 4.56. The highest BCUT2D eigenvalue weighted by molar-refractivity contribution is 5.17. The predicted molar refractivity (Wildman–Crippen MR) is 76.1 cm³/mol. The number of rotatable bonds is 4. The van der Waals surface area contributed by atoms with E-state index in [9.17, 15) is 4.39 Å². The Hall–Kier alpha value is -0.960. The molecule has 3 unspecified atom stereocenters. The maximum absolute atomic E-state index is 13.0. The van der Waals surface area contributed by atoms with Crippen molar-refractivity contribution in [2.24, 2.45) is 17.6 Å². The molecule has 1 aromatic rings. The van der Waals surface area contributed by atoms with Crippen LogP contribution in [-0.4, -0.2) is 4.98 Å². The van der Waals surface area contributed by atoms with Crippen LogP contribution in [0.5, 0.6) is 0 Å². The molecule has 1 fully saturated rings. The zero-order valence-corrected chi connectivity index (χ0v) is 12.0. The van der Waals surface area contributed by atoms with Gasteiger partial charge in [0.05, 0.1) is 17.4 Å². The normalized spacial score (nSPS) is 26.9. The lowest BCUT2D eigenvalue weighted by atomic mass is 9.68. The number of aromatic nitrogens is 1. The van der Waals surface area contributed by atoms with Crippen LogP contribution in [0.15, 0.2) is 18.3 Å². The van der Waals surface area contributed by atoms with E-state index in [-0.39, 0.29) is 5.82 Å². The van der Waals surface area contributed by atoms with Gasteiger partial charge in [-0.25, -0.2) is 4.39 Å². The van der Waals surface area contributed by atoms with Crippen molar-refractivity contribution in [1.82, 2.24) is 4.98 Å². The van der Waals surface area contributed by atoms with Crippen LogP contribution in [-0.2, 0) is 5.54 Å². The van der Waals surface area contributed by atoms with Gasteiger partial charge in [0.1, 0.15) is 5.82 Å². The summed E-state index contributed by atoms with van der Waals surface area (Å²) in [4.78, 5) is 4.25. The van der Waals surface area contributed by atoms with E-state index < -0.39 is 5.54 Å². The molecule has 2 N–H and O–H groups in total. The van der Waals surface area contributed by atoms with Crippen molar-refractivity contribution >= 4 is 0 Å². The van der Waals surface area contributed by atoms with Gasteiger partial charge in [-0.1, -0.05) is 33.1 Å². The minimum absolute atomic E-state index is 0.294. The molecular weight excluding hydrogens is 239 g/mol. The van der Waals surface area contributed by atoms with Crippen LogP contribution >= 0.6 is 0 Å². The van der Waals surface area contributed by atoms with Crippen molar-refractivity contribution in [2.45, 2.75) is 57.9 Å². The maximum Gasteiger partial charge on any atom is 0.141 e. The summed E-state index contributed by atoms with van der Waals surface area (Å²) in [5, 5.41) is 0. The summed E-state index contributed by atoms with van der Waals surface area (Å²) in [7, 11) is 0. The SMILES string of the molecule is CCC1CCCC(C(N)(CC)c2ccc(F)cn2)C1. The molecule has 0 saturated heterocycles. The van der Waals surface area contributed by atoms with Gasteiger partial charge in [-0.05, 0) is 43.2 Å². The van der Waals surface area contributed by atoms with Crippen molar-refractivity contribution in [1.29, 1.82) is 0 Å². The highest BCUT2D eigenvalue weighted by Gasteiger charge is 2.38. The summed E-state index contributed by atoms with van der Waals surface area (Å²) < 4.78 is 13.0. The van der Waals surface area contributed by atoms with Crippen LogP contribution in [0.4, 0.5) is 4.39 Å². The van der Waals surface area contributed by atoms with E-state index in [1.54, 1.807) is 6.07 Å². The van der Waals surface area contributed by atoms with Crippen LogP contribution in [0.3, 0.4) is 0 Å². The average molecular weight is 264 g/mol. The van der Waals surface area contributed by atoms with Gasteiger partial charge in [-0.2, -0.15) is 0 Å². The Morgan fingerprint density at radius 2 is 2.16 bits per heavy atom. The highest BCUT2D eigenvalue weighted by atomic mass is 19.1. The van der Waals surface area contributed by atoms with Gasteiger partial charge in [0, 0.05) is 0 Å². The molecule has 3 atom stereocenters. The second-order valence-corrected chi connectivity index (χ2v) is 5.89. The molecule has 0 aromatic carbocycles. The minimum atomic E-state index is -0.401. The zero-order valence-electron chi connectivity index (χ0n) is 12.0. The first kappa shape index (κ1) is 14.4. The van der Waals surface area contributed by atoms with Crippen LogP contribution in [0.1, 0.15) is 58.1 Å². The number of nitrogens with zero attached hydrogens (tertiary/aromatic N) is 1. The summed E-state index contributed by atoms with van der Waals surface area (Å²) >= 11 is 0. The largest absolute Gasteiger partial charge is 0.320 e. The molecule has 3 heteroatoms. The molecule has 1 aromatic heterocycles. The van der Waals surface area contributed by atoms with E-state index in [1.807, 2.05) is 0 Å². The fraction of sp³-hybridized carbons (Fsp3) is 0.688. The molecule has 19 heavy (non-hydrogen) atoms. The molecule has 0 spiro atoms. The summed E-state index contributed by atoms with van der Waals surface area (Å²) in [6.07, 6.45) is 8.29. The molecule has 1 aliphatic carbocycles. The molecule has 106 valence electrons. The standard InChI is InChI=1S/C16H25FN2/c1-3-12-6-5-7-13(10-12)16(18,4-2)15-9-8-14(17)11-19-15/h8-9,11-13H,3-7,10,18H2,1-2H3. The molecule has 1 aliphatic rings. The van der Waals surface area contributed by atoms with Gasteiger partial charge in [-0.15, -0.1) is 0 Å². The smallest absolute Gasteiger partial charge is 0.141 e. The van der Waals surface area contributed by atoms with E-state index in [4.69, 9.17) is 5.73 Å². The summed E-state index contributed by atoms with van der Waals surface area (Å²) in [5.41, 5.74) is 7.12. The van der Waals surface area contributed by atoms with E-state index in [0.29, 0.717) is 5.92 Å². The Morgan fingerprint density at radius 3 is 2.74 bits per heavy atom. The lowest BCUT2D eigenvalue weighted by Crippen LogP contribution is -2.46. The third kappa shape index (κ3) is 2.97. The van der Waals surface area contributed by atoms with E-state index in [2.05, 4.69) is 18.8 Å². The van der Waals surface area contributed by atoms with Gasteiger partial charge in [-0.3, -0.25) is 4.98 Å². The van der Waals surface area contributed by atoms with Crippen LogP contribution in [0.2, 0.25) is 0 Å². The third-order valence-corrected chi connectivity index (χ3v) is 4.88. The third-order valence-electron chi connectivity index (χ3n) is 4.88. The quantitative estimate of drug-likeness (QED) is 0.892. The zero-order chi connectivity index (χ0) is 13.9. The lowest BCUT2D eigenvalue weighted by molar-refractivity contribution is 0.153. The topological polar surface area (TPSA) is 38.9 Å². The van der Waals surface area contributed by atoms with Gasteiger partial charge in [0.15, 0.2) is 0 Å². The van der Waals surface area contributed by atoms with Crippen LogP contribution in [0, 0.1) is 17.7 Å². The van der Waals surface area contributed by atoms with E-state index in [0.717, 1.165) is 18.0 Å². The molecule has 0 aliphatic heterocycles. The summed E-state index contributed by atoms with van der Waals surface area (Å²) in [5.74, 6) is 0.958. The first-order valence-corrected chi connectivity index (χ1v) is 7.51. The summed E-state index contributed by atoms with van der Waals surface area (Å²) in [6.45, 7) is 4.37. The lowest BCUT2D eigenvalue weighted by Gasteiger charge is -2.41. The fourth-order valence-corrected chi connectivity index (χ4v) is 3.46. The minimum Gasteiger partial charge on any atom is -0.320 e. The van der Waals surface area contributed by atoms with Crippen molar-refractivity contribution in [3.63, 3.8) is 0 Å². The predicted octanol–water partition coefficient (Wildman–Crippen LogP) is 4.00. The number of hydrogen-bond acceptors (Lipinski definition) is 2. The van der Waals surface area contributed by atoms with Crippen molar-refractivity contribution in [3.05, 3.63) is 29.8 Å². The molecule has 0 bridgehead atoms. The molecular formula is C16H25FN2. The monoisotopic (exact) mass is 264 g/mol. The van der Waals surface area contributed by atoms with Crippen LogP contribution < -0.4 is 5.73 Å². The number of hydrogen-bond donors (Lipinski definition) is 1. The Bertz CT molecular complexity index is 404. The molecule has 1 heterocycles. The van der Waals surface area contributed by atoms with Crippen molar-refractivity contribution in [3.8, 4) is 0 Å². The highest BCUT2D eigenvalue weighted by Crippen LogP contribution is 2.41. The molecule has 2 rings (SSSR count). The first-order chi connectivity index (χ1) is 9.10. The van der Waals surface area contributed by atoms with Crippen molar-refractivity contribution in [2.75, 3.05) is 0 Å².